The van der Waals surface area contributed by atoms with Gasteiger partial charge in [0.05, 0.1) is 0 Å². The predicted molar refractivity (Wildman–Crippen MR) is 34.3 cm³/mol. The zero-order valence-electron chi connectivity index (χ0n) is 5.63. The number of Topliss-reactive ketones (excluding diaryl/α,β-unsaturated/α-hetero) is 1. The monoisotopic (exact) mass is 146 g/mol. The number of carboxylic acid groups (broad SMARTS) is 1. The Morgan fingerprint density at radius 1 is 1.60 bits per heavy atom. The lowest BCUT2D eigenvalue weighted by molar-refractivity contribution is -0.147. The van der Waals surface area contributed by atoms with Crippen LogP contribution in [0, 0.1) is 0 Å². The van der Waals surface area contributed by atoms with Crippen LogP contribution >= 0.6 is 0 Å². The molecular formula is C5H10N2O3. The van der Waals surface area contributed by atoms with Gasteiger partial charge in [0.1, 0.15) is 0 Å². The highest BCUT2D eigenvalue weighted by Crippen LogP contribution is 1.98. The molecule has 10 heavy (non-hydrogen) atoms. The van der Waals surface area contributed by atoms with E-state index in [0.717, 1.165) is 6.92 Å². The lowest BCUT2D eigenvalue weighted by Gasteiger charge is -2.17. The molecule has 0 aliphatic carbocycles. The van der Waals surface area contributed by atoms with E-state index < -0.39 is 17.3 Å². The van der Waals surface area contributed by atoms with Crippen molar-refractivity contribution in [1.29, 1.82) is 0 Å². The number of hydrogen-bond acceptors (Lipinski definition) is 4. The Balaban J connectivity index is 4.55. The molecule has 0 aromatic heterocycles. The maximum Gasteiger partial charge on any atom is 0.332 e. The number of hydrogen-bond donors (Lipinski definition) is 3. The second kappa shape index (κ2) is 2.76. The third kappa shape index (κ3) is 1.31. The molecule has 0 amide bonds. The molecule has 0 spiro atoms. The zero-order valence-corrected chi connectivity index (χ0v) is 5.63. The van der Waals surface area contributed by atoms with Crippen molar-refractivity contribution in [2.24, 2.45) is 11.5 Å². The van der Waals surface area contributed by atoms with E-state index in [4.69, 9.17) is 16.6 Å². The Hall–Kier alpha value is -0.940. The van der Waals surface area contributed by atoms with E-state index in [2.05, 4.69) is 0 Å². The van der Waals surface area contributed by atoms with Crippen LogP contribution in [0.25, 0.3) is 0 Å². The van der Waals surface area contributed by atoms with Gasteiger partial charge in [-0.2, -0.15) is 0 Å². The molecule has 0 aliphatic rings. The van der Waals surface area contributed by atoms with E-state index in [1.165, 1.54) is 0 Å². The smallest absolute Gasteiger partial charge is 0.332 e. The molecule has 0 aromatic carbocycles. The second-order valence-electron chi connectivity index (χ2n) is 2.04. The maximum atomic E-state index is 10.6. The summed E-state index contributed by atoms with van der Waals surface area (Å²) in [4.78, 5) is 20.8. The Morgan fingerprint density at radius 3 is 2.00 bits per heavy atom. The third-order valence-electron chi connectivity index (χ3n) is 1.33. The summed E-state index contributed by atoms with van der Waals surface area (Å²) in [5.74, 6) is -2.02. The van der Waals surface area contributed by atoms with Crippen LogP contribution in [-0.2, 0) is 9.59 Å². The molecule has 0 bridgehead atoms. The van der Waals surface area contributed by atoms with Crippen molar-refractivity contribution in [3.63, 3.8) is 0 Å². The minimum atomic E-state index is -1.90. The van der Waals surface area contributed by atoms with Crippen molar-refractivity contribution >= 4 is 11.8 Å². The highest BCUT2D eigenvalue weighted by atomic mass is 16.4. The number of ketones is 1. The number of nitrogens with two attached hydrogens (primary N) is 2. The molecule has 0 aliphatic heterocycles. The van der Waals surface area contributed by atoms with Gasteiger partial charge in [-0.25, -0.2) is 4.79 Å². The summed E-state index contributed by atoms with van der Waals surface area (Å²) in [5, 5.41) is 8.38. The van der Waals surface area contributed by atoms with Crippen molar-refractivity contribution in [2.45, 2.75) is 12.5 Å². The summed E-state index contributed by atoms with van der Waals surface area (Å²) in [5.41, 5.74) is 8.19. The normalized spacial score (nSPS) is 15.9. The van der Waals surface area contributed by atoms with Crippen molar-refractivity contribution in [3.8, 4) is 0 Å². The van der Waals surface area contributed by atoms with E-state index in [-0.39, 0.29) is 6.54 Å². The van der Waals surface area contributed by atoms with Crippen LogP contribution in [0.4, 0.5) is 0 Å². The molecule has 0 rings (SSSR count). The average molecular weight is 146 g/mol. The van der Waals surface area contributed by atoms with Crippen LogP contribution in [0.5, 0.6) is 0 Å². The van der Waals surface area contributed by atoms with Gasteiger partial charge in [-0.05, 0) is 6.92 Å². The summed E-state index contributed by atoms with van der Waals surface area (Å²) in [6, 6.07) is 0. The van der Waals surface area contributed by atoms with Gasteiger partial charge in [0, 0.05) is 6.54 Å². The fourth-order valence-corrected chi connectivity index (χ4v) is 0.382. The van der Waals surface area contributed by atoms with Gasteiger partial charge in [0.2, 0.25) is 0 Å². The van der Waals surface area contributed by atoms with E-state index >= 15 is 0 Å². The summed E-state index contributed by atoms with van der Waals surface area (Å²) >= 11 is 0. The van der Waals surface area contributed by atoms with Crippen molar-refractivity contribution in [1.82, 2.24) is 0 Å². The lowest BCUT2D eigenvalue weighted by Crippen LogP contribution is -2.59. The van der Waals surface area contributed by atoms with Crippen LogP contribution in [0.2, 0.25) is 0 Å². The van der Waals surface area contributed by atoms with E-state index in [9.17, 15) is 9.59 Å². The number of aliphatic carboxylic acids is 1. The molecule has 0 radical (unpaired) electrons. The predicted octanol–water partition coefficient (Wildman–Crippen LogP) is -1.68. The molecule has 0 saturated heterocycles. The summed E-state index contributed by atoms with van der Waals surface area (Å²) < 4.78 is 0. The molecule has 0 fully saturated rings. The van der Waals surface area contributed by atoms with Crippen LogP contribution in [-0.4, -0.2) is 28.9 Å². The molecular weight excluding hydrogens is 136 g/mol. The fraction of sp³-hybridized carbons (Fsp3) is 0.600. The summed E-state index contributed by atoms with van der Waals surface area (Å²) in [6.07, 6.45) is 0. The first kappa shape index (κ1) is 9.06. The van der Waals surface area contributed by atoms with Gasteiger partial charge < -0.3 is 16.6 Å². The van der Waals surface area contributed by atoms with Gasteiger partial charge in [0.15, 0.2) is 11.3 Å². The zero-order chi connectivity index (χ0) is 8.36. The maximum absolute atomic E-state index is 10.6. The number of carbonyl (C=O) groups excluding carboxylic acids is 1. The Bertz CT molecular complexity index is 152. The number of carboxylic acids is 1. The number of carbonyl (C=O) groups is 2. The van der Waals surface area contributed by atoms with Crippen molar-refractivity contribution in [3.05, 3.63) is 0 Å². The van der Waals surface area contributed by atoms with Gasteiger partial charge in [0.25, 0.3) is 0 Å². The lowest BCUT2D eigenvalue weighted by atomic mass is 9.97. The first-order valence-electron chi connectivity index (χ1n) is 2.68. The van der Waals surface area contributed by atoms with Crippen molar-refractivity contribution in [2.75, 3.05) is 6.54 Å². The SMILES string of the molecule is CC(=O)[C@](N)(CN)C(=O)O. The van der Waals surface area contributed by atoms with Crippen LogP contribution in [0.3, 0.4) is 0 Å². The Labute approximate surface area is 58.0 Å². The van der Waals surface area contributed by atoms with Crippen LogP contribution in [0.15, 0.2) is 0 Å². The van der Waals surface area contributed by atoms with Crippen LogP contribution in [0.1, 0.15) is 6.92 Å². The van der Waals surface area contributed by atoms with Gasteiger partial charge in [-0.1, -0.05) is 0 Å². The highest BCUT2D eigenvalue weighted by Gasteiger charge is 2.37. The standard InChI is InChI=1S/C5H10N2O3/c1-3(8)5(7,2-6)4(9)10/h2,6-7H2,1H3,(H,9,10)/t5-/m1/s1. The van der Waals surface area contributed by atoms with Gasteiger partial charge in [-0.15, -0.1) is 0 Å². The number of rotatable bonds is 3. The highest BCUT2D eigenvalue weighted by molar-refractivity contribution is 6.06. The van der Waals surface area contributed by atoms with E-state index in [1.807, 2.05) is 0 Å². The molecule has 5 nitrogen and oxygen atoms in total. The fourth-order valence-electron chi connectivity index (χ4n) is 0.382. The quantitative estimate of drug-likeness (QED) is 0.412. The molecule has 0 aromatic rings. The molecule has 58 valence electrons. The molecule has 5 N–H and O–H groups in total. The topological polar surface area (TPSA) is 106 Å². The molecule has 1 atom stereocenters. The Kier molecular flexibility index (Phi) is 2.50. The van der Waals surface area contributed by atoms with E-state index in [0.29, 0.717) is 0 Å². The van der Waals surface area contributed by atoms with Crippen LogP contribution < -0.4 is 11.5 Å². The molecule has 0 heterocycles. The molecule has 5 heteroatoms. The first-order chi connectivity index (χ1) is 4.45. The molecule has 0 saturated carbocycles. The second-order valence-corrected chi connectivity index (χ2v) is 2.04. The van der Waals surface area contributed by atoms with Gasteiger partial charge in [-0.3, -0.25) is 4.79 Å². The Morgan fingerprint density at radius 2 is 2.00 bits per heavy atom. The van der Waals surface area contributed by atoms with E-state index in [1.54, 1.807) is 0 Å². The average Bonchev–Trinajstić information content (AvgIpc) is 1.85. The minimum Gasteiger partial charge on any atom is -0.479 e. The first-order valence-corrected chi connectivity index (χ1v) is 2.68. The summed E-state index contributed by atoms with van der Waals surface area (Å²) in [6.45, 7) is 0.721. The molecule has 0 unspecified atom stereocenters. The summed E-state index contributed by atoms with van der Waals surface area (Å²) in [7, 11) is 0. The minimum absolute atomic E-state index is 0.377. The van der Waals surface area contributed by atoms with Gasteiger partial charge >= 0.3 is 5.97 Å². The van der Waals surface area contributed by atoms with Crippen molar-refractivity contribution < 1.29 is 14.7 Å². The largest absolute Gasteiger partial charge is 0.479 e. The third-order valence-corrected chi connectivity index (χ3v) is 1.33.